The summed E-state index contributed by atoms with van der Waals surface area (Å²) >= 11 is 3.36. The van der Waals surface area contributed by atoms with E-state index in [-0.39, 0.29) is 10.2 Å². The molecule has 1 nitrogen and oxygen atoms in total. The Balaban J connectivity index is 2.11. The molecule has 0 saturated heterocycles. The predicted octanol–water partition coefficient (Wildman–Crippen LogP) is 4.11. The molecule has 0 spiro atoms. The average Bonchev–Trinajstić information content (AvgIpc) is 2.51. The van der Waals surface area contributed by atoms with E-state index in [0.29, 0.717) is 18.3 Å². The van der Waals surface area contributed by atoms with E-state index in [4.69, 9.17) is 0 Å². The zero-order chi connectivity index (χ0) is 12.4. The van der Waals surface area contributed by atoms with Crippen LogP contribution in [0.4, 0.5) is 13.2 Å². The molecule has 16 heavy (non-hydrogen) atoms. The molecule has 2 saturated carbocycles. The third-order valence-corrected chi connectivity index (χ3v) is 5.73. The molecule has 0 aromatic rings. The fourth-order valence-corrected chi connectivity index (χ4v) is 3.82. The molecule has 0 N–H and O–H groups in total. The van der Waals surface area contributed by atoms with Gasteiger partial charge in [-0.15, -0.1) is 13.2 Å². The molecule has 5 heteroatoms. The van der Waals surface area contributed by atoms with Crippen LogP contribution in [-0.2, 0) is 4.74 Å². The van der Waals surface area contributed by atoms with Crippen LogP contribution in [0, 0.1) is 17.3 Å². The van der Waals surface area contributed by atoms with Gasteiger partial charge in [-0.25, -0.2) is 0 Å². The Morgan fingerprint density at radius 3 is 2.25 bits per heavy atom. The van der Waals surface area contributed by atoms with Crippen LogP contribution < -0.4 is 0 Å². The summed E-state index contributed by atoms with van der Waals surface area (Å²) in [6, 6.07) is 0. The van der Waals surface area contributed by atoms with Crippen molar-refractivity contribution in [3.63, 3.8) is 0 Å². The zero-order valence-electron chi connectivity index (χ0n) is 9.57. The summed E-state index contributed by atoms with van der Waals surface area (Å²) in [4.78, 5) is -0.218. The van der Waals surface area contributed by atoms with Crippen molar-refractivity contribution < 1.29 is 17.9 Å². The number of hydrogen-bond acceptors (Lipinski definition) is 1. The van der Waals surface area contributed by atoms with Crippen molar-refractivity contribution in [3.05, 3.63) is 0 Å². The second kappa shape index (κ2) is 3.37. The Morgan fingerprint density at radius 1 is 1.19 bits per heavy atom. The van der Waals surface area contributed by atoms with Gasteiger partial charge in [0.05, 0.1) is 5.60 Å². The van der Waals surface area contributed by atoms with Gasteiger partial charge in [-0.2, -0.15) is 0 Å². The zero-order valence-corrected chi connectivity index (χ0v) is 11.2. The summed E-state index contributed by atoms with van der Waals surface area (Å²) in [5, 5.41) is 0. The minimum absolute atomic E-state index is 0.179. The summed E-state index contributed by atoms with van der Waals surface area (Å²) in [7, 11) is 0. The van der Waals surface area contributed by atoms with E-state index in [9.17, 15) is 13.2 Å². The largest absolute Gasteiger partial charge is 0.523 e. The maximum atomic E-state index is 12.3. The Bertz CT molecular complexity index is 302. The van der Waals surface area contributed by atoms with Gasteiger partial charge in [-0.3, -0.25) is 4.74 Å². The number of hydrogen-bond donors (Lipinski definition) is 0. The van der Waals surface area contributed by atoms with E-state index in [1.807, 2.05) is 0 Å². The minimum atomic E-state index is -4.55. The lowest BCUT2D eigenvalue weighted by atomic mass is 9.86. The molecule has 0 unspecified atom stereocenters. The molecule has 0 heterocycles. The van der Waals surface area contributed by atoms with Crippen LogP contribution in [0.1, 0.15) is 33.6 Å². The maximum absolute atomic E-state index is 12.3. The Labute approximate surface area is 102 Å². The number of rotatable bonds is 1. The third kappa shape index (κ3) is 2.01. The molecule has 2 aliphatic carbocycles. The van der Waals surface area contributed by atoms with E-state index in [2.05, 4.69) is 34.5 Å². The number of halogens is 4. The minimum Gasteiger partial charge on any atom is -0.284 e. The van der Waals surface area contributed by atoms with Crippen molar-refractivity contribution in [1.29, 1.82) is 0 Å². The second-order valence-corrected chi connectivity index (χ2v) is 6.91. The summed E-state index contributed by atoms with van der Waals surface area (Å²) in [5.41, 5.74) is -0.939. The maximum Gasteiger partial charge on any atom is 0.523 e. The molecule has 4 atom stereocenters. The molecule has 0 aliphatic heterocycles. The first-order valence-electron chi connectivity index (χ1n) is 5.47. The molecule has 0 aromatic carbocycles. The molecule has 2 rings (SSSR count). The molecule has 94 valence electrons. The molecule has 2 fully saturated rings. The Hall–Kier alpha value is 0.230. The highest BCUT2D eigenvalue weighted by atomic mass is 79.9. The van der Waals surface area contributed by atoms with E-state index in [0.717, 1.165) is 6.42 Å². The first-order chi connectivity index (χ1) is 7.06. The topological polar surface area (TPSA) is 9.23 Å². The third-order valence-electron chi connectivity index (χ3n) is 4.39. The normalized spacial score (nSPS) is 46.3. The van der Waals surface area contributed by atoms with E-state index in [1.165, 1.54) is 0 Å². The summed E-state index contributed by atoms with van der Waals surface area (Å²) < 4.78 is 41.4. The summed E-state index contributed by atoms with van der Waals surface area (Å²) in [5.74, 6) is 0.912. The van der Waals surface area contributed by atoms with Gasteiger partial charge in [0, 0.05) is 4.83 Å². The van der Waals surface area contributed by atoms with Crippen LogP contribution in [0.15, 0.2) is 0 Å². The van der Waals surface area contributed by atoms with Crippen LogP contribution in [0.2, 0.25) is 0 Å². The van der Waals surface area contributed by atoms with Gasteiger partial charge < -0.3 is 0 Å². The Kier molecular flexibility index (Phi) is 2.67. The Morgan fingerprint density at radius 2 is 1.75 bits per heavy atom. The summed E-state index contributed by atoms with van der Waals surface area (Å²) in [6.07, 6.45) is -3.29. The van der Waals surface area contributed by atoms with Crippen molar-refractivity contribution in [1.82, 2.24) is 0 Å². The average molecular weight is 301 g/mol. The van der Waals surface area contributed by atoms with E-state index < -0.39 is 12.0 Å². The lowest BCUT2D eigenvalue weighted by molar-refractivity contribution is -0.366. The van der Waals surface area contributed by atoms with E-state index in [1.54, 1.807) is 6.92 Å². The van der Waals surface area contributed by atoms with Gasteiger partial charge in [0.2, 0.25) is 0 Å². The first-order valence-corrected chi connectivity index (χ1v) is 6.39. The van der Waals surface area contributed by atoms with Crippen LogP contribution in [0.3, 0.4) is 0 Å². The second-order valence-electron chi connectivity index (χ2n) is 5.80. The van der Waals surface area contributed by atoms with Crippen LogP contribution in [-0.4, -0.2) is 16.8 Å². The van der Waals surface area contributed by atoms with Crippen LogP contribution in [0.25, 0.3) is 0 Å². The highest BCUT2D eigenvalue weighted by Crippen LogP contribution is 2.68. The van der Waals surface area contributed by atoms with Gasteiger partial charge in [0.15, 0.2) is 0 Å². The summed E-state index contributed by atoms with van der Waals surface area (Å²) in [6.45, 7) is 5.81. The molecule has 2 aliphatic rings. The molecule has 0 bridgehead atoms. The van der Waals surface area contributed by atoms with Crippen molar-refractivity contribution in [2.24, 2.45) is 17.3 Å². The van der Waals surface area contributed by atoms with Gasteiger partial charge in [0.25, 0.3) is 0 Å². The lowest BCUT2D eigenvalue weighted by Crippen LogP contribution is -2.45. The van der Waals surface area contributed by atoms with E-state index >= 15 is 0 Å². The van der Waals surface area contributed by atoms with Crippen molar-refractivity contribution in [2.75, 3.05) is 0 Å². The smallest absolute Gasteiger partial charge is 0.284 e. The molecule has 0 radical (unpaired) electrons. The van der Waals surface area contributed by atoms with Crippen molar-refractivity contribution in [3.8, 4) is 0 Å². The van der Waals surface area contributed by atoms with Gasteiger partial charge in [-0.1, -0.05) is 29.8 Å². The fourth-order valence-electron chi connectivity index (χ4n) is 3.14. The number of ether oxygens (including phenoxy) is 1. The highest BCUT2D eigenvalue weighted by molar-refractivity contribution is 9.09. The van der Waals surface area contributed by atoms with Crippen molar-refractivity contribution >= 4 is 15.9 Å². The SMILES string of the molecule is CC1(C)[C@@H]2C[C@@H](Br)[C@](C)(OC(F)(F)F)C[C@@H]21. The molecule has 0 amide bonds. The van der Waals surface area contributed by atoms with Crippen molar-refractivity contribution in [2.45, 2.75) is 50.4 Å². The first kappa shape index (κ1) is 12.7. The number of alkyl halides is 4. The molecular formula is C11H16BrF3O. The van der Waals surface area contributed by atoms with Gasteiger partial charge in [0.1, 0.15) is 0 Å². The monoisotopic (exact) mass is 300 g/mol. The standard InChI is InChI=1S/C11H16BrF3O/c1-9(2)6-4-8(12)10(3,5-7(6)9)16-11(13,14)15/h6-8H,4-5H2,1-3H3/t6-,7+,8-,10-/m1/s1. The fraction of sp³-hybridized carbons (Fsp3) is 1.00. The van der Waals surface area contributed by atoms with Gasteiger partial charge in [-0.05, 0) is 37.0 Å². The lowest BCUT2D eigenvalue weighted by Gasteiger charge is -2.38. The molecule has 0 aromatic heterocycles. The molecular weight excluding hydrogens is 285 g/mol. The van der Waals surface area contributed by atoms with Crippen LogP contribution in [0.5, 0.6) is 0 Å². The predicted molar refractivity (Wildman–Crippen MR) is 58.3 cm³/mol. The highest BCUT2D eigenvalue weighted by Gasteiger charge is 2.65. The van der Waals surface area contributed by atoms with Crippen LogP contribution >= 0.6 is 15.9 Å². The number of fused-ring (bicyclic) bond motifs is 1. The quantitative estimate of drug-likeness (QED) is 0.662. The van der Waals surface area contributed by atoms with Gasteiger partial charge >= 0.3 is 6.36 Å².